The van der Waals surface area contributed by atoms with Crippen LogP contribution in [0.25, 0.3) is 11.6 Å². The van der Waals surface area contributed by atoms with E-state index < -0.39 is 11.7 Å². The van der Waals surface area contributed by atoms with Crippen LogP contribution in [-0.4, -0.2) is 0 Å². The van der Waals surface area contributed by atoms with Crippen molar-refractivity contribution in [1.82, 2.24) is 0 Å². The van der Waals surface area contributed by atoms with E-state index in [0.29, 0.717) is 5.92 Å². The minimum absolute atomic E-state index is 0.611. The lowest BCUT2D eigenvalue weighted by Crippen LogP contribution is -2.13. The molecule has 0 N–H and O–H groups in total. The Hall–Kier alpha value is -2.29. The second-order valence-corrected chi connectivity index (χ2v) is 8.43. The van der Waals surface area contributed by atoms with Crippen molar-refractivity contribution in [2.24, 2.45) is 5.92 Å². The van der Waals surface area contributed by atoms with E-state index in [1.807, 2.05) is 13.0 Å². The van der Waals surface area contributed by atoms with Gasteiger partial charge in [-0.25, -0.2) is 0 Å². The minimum atomic E-state index is -4.29. The normalized spacial score (nSPS) is 20.6. The van der Waals surface area contributed by atoms with Crippen LogP contribution in [0.1, 0.15) is 80.5 Å². The first kappa shape index (κ1) is 22.4. The van der Waals surface area contributed by atoms with Crippen molar-refractivity contribution in [3.8, 4) is 0 Å². The molecule has 2 aromatic carbocycles. The van der Waals surface area contributed by atoms with Crippen LogP contribution >= 0.6 is 0 Å². The van der Waals surface area contributed by atoms with Gasteiger partial charge in [-0.1, -0.05) is 54.6 Å². The second kappa shape index (κ2) is 10.1. The van der Waals surface area contributed by atoms with Gasteiger partial charge in [-0.3, -0.25) is 0 Å². The molecule has 0 atom stereocenters. The Labute approximate surface area is 178 Å². The van der Waals surface area contributed by atoms with Crippen molar-refractivity contribution in [3.05, 3.63) is 82.9 Å². The third kappa shape index (κ3) is 6.10. The molecule has 1 aliphatic rings. The van der Waals surface area contributed by atoms with Crippen LogP contribution in [-0.2, 0) is 6.18 Å². The molecule has 0 unspecified atom stereocenters. The van der Waals surface area contributed by atoms with Crippen LogP contribution in [0.15, 0.2) is 60.7 Å². The molecule has 0 saturated heterocycles. The van der Waals surface area contributed by atoms with Crippen LogP contribution in [0.4, 0.5) is 13.2 Å². The Morgan fingerprint density at radius 1 is 0.933 bits per heavy atom. The fourth-order valence-electron chi connectivity index (χ4n) is 4.40. The Kier molecular flexibility index (Phi) is 7.58. The number of hydrogen-bond acceptors (Lipinski definition) is 0. The fraction of sp³-hybridized carbons (Fsp3) is 0.407. The summed E-state index contributed by atoms with van der Waals surface area (Å²) in [5, 5.41) is 0. The quantitative estimate of drug-likeness (QED) is 0.328. The largest absolute Gasteiger partial charge is 0.416 e. The fourth-order valence-corrected chi connectivity index (χ4v) is 4.40. The van der Waals surface area contributed by atoms with Gasteiger partial charge in [0, 0.05) is 0 Å². The zero-order valence-corrected chi connectivity index (χ0v) is 17.9. The molecule has 30 heavy (non-hydrogen) atoms. The van der Waals surface area contributed by atoms with Crippen molar-refractivity contribution in [1.29, 1.82) is 0 Å². The van der Waals surface area contributed by atoms with E-state index in [-0.39, 0.29) is 0 Å². The summed E-state index contributed by atoms with van der Waals surface area (Å²) in [4.78, 5) is 0. The molecule has 160 valence electrons. The maximum atomic E-state index is 12.7. The molecule has 0 aromatic heterocycles. The predicted molar refractivity (Wildman–Crippen MR) is 120 cm³/mol. The molecule has 3 rings (SSSR count). The van der Waals surface area contributed by atoms with Crippen molar-refractivity contribution >= 4 is 11.6 Å². The molecule has 0 aliphatic heterocycles. The molecular weight excluding hydrogens is 381 g/mol. The number of alkyl halides is 3. The van der Waals surface area contributed by atoms with Gasteiger partial charge in [0.2, 0.25) is 0 Å². The van der Waals surface area contributed by atoms with Crippen molar-refractivity contribution < 1.29 is 13.2 Å². The smallest absolute Gasteiger partial charge is 0.166 e. The van der Waals surface area contributed by atoms with E-state index in [1.54, 1.807) is 0 Å². The lowest BCUT2D eigenvalue weighted by atomic mass is 9.77. The van der Waals surface area contributed by atoms with Crippen LogP contribution in [0.3, 0.4) is 0 Å². The number of hydrogen-bond donors (Lipinski definition) is 0. The van der Waals surface area contributed by atoms with Crippen molar-refractivity contribution in [3.63, 3.8) is 0 Å². The van der Waals surface area contributed by atoms with Crippen LogP contribution in [0, 0.1) is 5.92 Å². The van der Waals surface area contributed by atoms with E-state index >= 15 is 0 Å². The summed E-state index contributed by atoms with van der Waals surface area (Å²) in [6.07, 6.45) is 9.82. The van der Waals surface area contributed by atoms with Crippen LogP contribution in [0.5, 0.6) is 0 Å². The zero-order chi connectivity index (χ0) is 21.6. The lowest BCUT2D eigenvalue weighted by molar-refractivity contribution is -0.137. The number of allylic oxidation sites excluding steroid dienone is 3. The van der Waals surface area contributed by atoms with Gasteiger partial charge in [-0.15, -0.1) is 0 Å². The van der Waals surface area contributed by atoms with Gasteiger partial charge in [0.15, 0.2) is 0 Å². The lowest BCUT2D eigenvalue weighted by Gasteiger charge is -2.28. The molecule has 0 radical (unpaired) electrons. The Morgan fingerprint density at radius 3 is 2.13 bits per heavy atom. The van der Waals surface area contributed by atoms with Gasteiger partial charge in [0.25, 0.3) is 0 Å². The molecule has 1 fully saturated rings. The first-order chi connectivity index (χ1) is 14.4. The highest BCUT2D eigenvalue weighted by Gasteiger charge is 2.30. The maximum absolute atomic E-state index is 12.7. The van der Waals surface area contributed by atoms with E-state index in [9.17, 15) is 13.2 Å². The Morgan fingerprint density at radius 2 is 1.57 bits per heavy atom. The summed E-state index contributed by atoms with van der Waals surface area (Å²) in [6, 6.07) is 14.1. The monoisotopic (exact) mass is 412 g/mol. The summed E-state index contributed by atoms with van der Waals surface area (Å²) < 4.78 is 38.2. The second-order valence-electron chi connectivity index (χ2n) is 8.43. The Bertz CT molecular complexity index is 846. The summed E-state index contributed by atoms with van der Waals surface area (Å²) in [7, 11) is 0. The molecule has 0 bridgehead atoms. The number of halogens is 3. The third-order valence-corrected chi connectivity index (χ3v) is 6.28. The highest BCUT2D eigenvalue weighted by atomic mass is 19.4. The van der Waals surface area contributed by atoms with Gasteiger partial charge in [-0.05, 0) is 98.6 Å². The van der Waals surface area contributed by atoms with Gasteiger partial charge < -0.3 is 0 Å². The van der Waals surface area contributed by atoms with Gasteiger partial charge >= 0.3 is 6.18 Å². The molecular formula is C27H31F3. The summed E-state index contributed by atoms with van der Waals surface area (Å²) in [6.45, 7) is 4.02. The van der Waals surface area contributed by atoms with Gasteiger partial charge in [-0.2, -0.15) is 13.2 Å². The molecule has 1 aliphatic carbocycles. The van der Waals surface area contributed by atoms with E-state index in [2.05, 4.69) is 43.3 Å². The predicted octanol–water partition coefficient (Wildman–Crippen LogP) is 8.90. The van der Waals surface area contributed by atoms with Gasteiger partial charge in [0.05, 0.1) is 5.56 Å². The van der Waals surface area contributed by atoms with Gasteiger partial charge in [0.1, 0.15) is 0 Å². The van der Waals surface area contributed by atoms with Crippen molar-refractivity contribution in [2.45, 2.75) is 64.5 Å². The molecule has 0 amide bonds. The van der Waals surface area contributed by atoms with Crippen LogP contribution < -0.4 is 0 Å². The molecule has 0 heterocycles. The molecule has 2 aromatic rings. The zero-order valence-electron chi connectivity index (χ0n) is 17.9. The van der Waals surface area contributed by atoms with E-state index in [4.69, 9.17) is 0 Å². The minimum Gasteiger partial charge on any atom is -0.166 e. The molecule has 0 nitrogen and oxygen atoms in total. The molecule has 0 spiro atoms. The van der Waals surface area contributed by atoms with Crippen molar-refractivity contribution in [2.75, 3.05) is 0 Å². The SMILES string of the molecule is C/C=C/CCC1CCC(c2ccc(/C=C(\C)c3ccc(C(F)(F)F)cc3)cc2)CC1. The van der Waals surface area contributed by atoms with Crippen LogP contribution in [0.2, 0.25) is 0 Å². The number of benzene rings is 2. The number of rotatable bonds is 6. The summed E-state index contributed by atoms with van der Waals surface area (Å²) >= 11 is 0. The van der Waals surface area contributed by atoms with E-state index in [0.717, 1.165) is 34.8 Å². The molecule has 3 heteroatoms. The maximum Gasteiger partial charge on any atom is 0.416 e. The topological polar surface area (TPSA) is 0 Å². The third-order valence-electron chi connectivity index (χ3n) is 6.28. The first-order valence-corrected chi connectivity index (χ1v) is 10.9. The van der Waals surface area contributed by atoms with E-state index in [1.165, 1.54) is 56.2 Å². The highest BCUT2D eigenvalue weighted by molar-refractivity contribution is 5.80. The average molecular weight is 413 g/mol. The summed E-state index contributed by atoms with van der Waals surface area (Å²) in [5.74, 6) is 1.52. The summed E-state index contributed by atoms with van der Waals surface area (Å²) in [5.41, 5.74) is 3.64. The first-order valence-electron chi connectivity index (χ1n) is 10.9. The standard InChI is InChI=1S/C27H31F3/c1-3-4-5-6-21-7-11-24(12-8-21)25-13-9-22(10-14-25)19-20(2)23-15-17-26(18-16-23)27(28,29)30/h3-4,9-10,13-19,21,24H,5-8,11-12H2,1-2H3/b4-3+,20-19+. The Balaban J connectivity index is 1.59. The average Bonchev–Trinajstić information content (AvgIpc) is 2.74. The molecule has 1 saturated carbocycles. The highest BCUT2D eigenvalue weighted by Crippen LogP contribution is 2.37.